The van der Waals surface area contributed by atoms with Gasteiger partial charge < -0.3 is 9.88 Å². The summed E-state index contributed by atoms with van der Waals surface area (Å²) in [6.07, 6.45) is 12.1. The summed E-state index contributed by atoms with van der Waals surface area (Å²) in [7, 11) is 0. The Kier molecular flexibility index (Phi) is 3.92. The van der Waals surface area contributed by atoms with E-state index in [-0.39, 0.29) is 0 Å². The summed E-state index contributed by atoms with van der Waals surface area (Å²) in [6, 6.07) is 1.21. The second-order valence-electron chi connectivity index (χ2n) is 6.65. The molecule has 0 aromatic carbocycles. The molecule has 3 nitrogen and oxygen atoms in total. The van der Waals surface area contributed by atoms with Crippen LogP contribution in [-0.4, -0.2) is 16.1 Å². The zero-order valence-corrected chi connectivity index (χ0v) is 12.3. The number of nitrogens with one attached hydrogen (secondary N) is 1. The molecule has 3 heteroatoms. The molecule has 0 bridgehead atoms. The summed E-state index contributed by atoms with van der Waals surface area (Å²) in [5.41, 5.74) is 1.42. The number of aromatic nitrogens is 2. The van der Waals surface area contributed by atoms with Crippen molar-refractivity contribution in [2.75, 3.05) is 6.54 Å². The van der Waals surface area contributed by atoms with Crippen LogP contribution in [-0.2, 0) is 0 Å². The molecule has 1 saturated heterocycles. The summed E-state index contributed by atoms with van der Waals surface area (Å²) in [5.74, 6) is 1.73. The molecule has 19 heavy (non-hydrogen) atoms. The van der Waals surface area contributed by atoms with Gasteiger partial charge in [-0.1, -0.05) is 20.3 Å². The molecule has 1 N–H and O–H groups in total. The zero-order chi connectivity index (χ0) is 13.2. The van der Waals surface area contributed by atoms with Crippen molar-refractivity contribution in [3.8, 4) is 0 Å². The van der Waals surface area contributed by atoms with Gasteiger partial charge in [-0.05, 0) is 50.5 Å². The number of imidazole rings is 1. The molecule has 2 heterocycles. The predicted molar refractivity (Wildman–Crippen MR) is 78.0 cm³/mol. The van der Waals surface area contributed by atoms with Crippen LogP contribution in [0, 0.1) is 11.8 Å². The van der Waals surface area contributed by atoms with Crippen LogP contribution in [0.2, 0.25) is 0 Å². The van der Waals surface area contributed by atoms with Crippen LogP contribution in [0.3, 0.4) is 0 Å². The molecule has 3 rings (SSSR count). The topological polar surface area (TPSA) is 29.9 Å². The molecule has 2 aliphatic rings. The third-order valence-electron chi connectivity index (χ3n) is 5.33. The van der Waals surface area contributed by atoms with Gasteiger partial charge in [-0.3, -0.25) is 0 Å². The van der Waals surface area contributed by atoms with E-state index in [4.69, 9.17) is 0 Å². The Hall–Kier alpha value is -0.830. The quantitative estimate of drug-likeness (QED) is 0.880. The number of hydrogen-bond donors (Lipinski definition) is 1. The average molecular weight is 261 g/mol. The van der Waals surface area contributed by atoms with Gasteiger partial charge in [0, 0.05) is 18.3 Å². The summed E-state index contributed by atoms with van der Waals surface area (Å²) in [5, 5.41) is 3.66. The van der Waals surface area contributed by atoms with Gasteiger partial charge in [0.05, 0.1) is 12.0 Å². The monoisotopic (exact) mass is 261 g/mol. The van der Waals surface area contributed by atoms with Gasteiger partial charge in [0.25, 0.3) is 0 Å². The summed E-state index contributed by atoms with van der Waals surface area (Å²) < 4.78 is 2.48. The van der Waals surface area contributed by atoms with E-state index in [0.29, 0.717) is 12.1 Å². The molecule has 1 aromatic rings. The molecule has 106 valence electrons. The van der Waals surface area contributed by atoms with Gasteiger partial charge >= 0.3 is 0 Å². The molecular formula is C16H27N3. The van der Waals surface area contributed by atoms with Crippen molar-refractivity contribution in [1.29, 1.82) is 0 Å². The lowest BCUT2D eigenvalue weighted by Gasteiger charge is -2.35. The molecule has 0 radical (unpaired) electrons. The standard InChI is InChI=1S/C16H27N3/c1-12-6-7-14(9-13(12)2)19-11-17-10-16(19)15-5-3-4-8-18-15/h10-15,18H,3-9H2,1-2H3. The smallest absolute Gasteiger partial charge is 0.0951 e. The van der Waals surface area contributed by atoms with E-state index in [1.807, 2.05) is 0 Å². The molecule has 1 aliphatic heterocycles. The van der Waals surface area contributed by atoms with Gasteiger partial charge in [-0.25, -0.2) is 4.98 Å². The highest BCUT2D eigenvalue weighted by Gasteiger charge is 2.28. The SMILES string of the molecule is CC1CCC(n2cncc2C2CCCCN2)CC1C. The normalized spacial score (nSPS) is 36.3. The predicted octanol–water partition coefficient (Wildman–Crippen LogP) is 3.69. The lowest BCUT2D eigenvalue weighted by molar-refractivity contribution is 0.205. The minimum absolute atomic E-state index is 0.533. The van der Waals surface area contributed by atoms with E-state index in [2.05, 4.69) is 41.2 Å². The lowest BCUT2D eigenvalue weighted by atomic mass is 9.79. The number of rotatable bonds is 2. The van der Waals surface area contributed by atoms with E-state index in [9.17, 15) is 0 Å². The number of piperidine rings is 1. The third kappa shape index (κ3) is 2.71. The summed E-state index contributed by atoms with van der Waals surface area (Å²) >= 11 is 0. The lowest BCUT2D eigenvalue weighted by Crippen LogP contribution is -2.30. The Balaban J connectivity index is 1.76. The molecule has 2 fully saturated rings. The zero-order valence-electron chi connectivity index (χ0n) is 12.3. The van der Waals surface area contributed by atoms with Crippen molar-refractivity contribution in [3.63, 3.8) is 0 Å². The highest BCUT2D eigenvalue weighted by Crippen LogP contribution is 2.38. The molecule has 1 aromatic heterocycles. The average Bonchev–Trinajstić information content (AvgIpc) is 2.92. The van der Waals surface area contributed by atoms with E-state index in [1.165, 1.54) is 44.2 Å². The van der Waals surface area contributed by atoms with Crippen LogP contribution in [0.15, 0.2) is 12.5 Å². The first-order valence-corrected chi connectivity index (χ1v) is 8.01. The van der Waals surface area contributed by atoms with E-state index < -0.39 is 0 Å². The third-order valence-corrected chi connectivity index (χ3v) is 5.33. The van der Waals surface area contributed by atoms with Gasteiger partial charge in [0.1, 0.15) is 0 Å². The van der Waals surface area contributed by atoms with Gasteiger partial charge in [-0.2, -0.15) is 0 Å². The van der Waals surface area contributed by atoms with Crippen LogP contribution in [0.1, 0.15) is 70.2 Å². The van der Waals surface area contributed by atoms with Gasteiger partial charge in [0.15, 0.2) is 0 Å². The van der Waals surface area contributed by atoms with Crippen molar-refractivity contribution in [2.45, 2.75) is 64.5 Å². The maximum atomic E-state index is 4.44. The minimum Gasteiger partial charge on any atom is -0.330 e. The molecule has 0 amide bonds. The highest BCUT2D eigenvalue weighted by molar-refractivity contribution is 5.08. The van der Waals surface area contributed by atoms with Crippen molar-refractivity contribution >= 4 is 0 Å². The van der Waals surface area contributed by atoms with Crippen molar-refractivity contribution < 1.29 is 0 Å². The van der Waals surface area contributed by atoms with Gasteiger partial charge in [0.2, 0.25) is 0 Å². The molecular weight excluding hydrogens is 234 g/mol. The first-order chi connectivity index (χ1) is 9.25. The Morgan fingerprint density at radius 3 is 2.79 bits per heavy atom. The Bertz CT molecular complexity index is 406. The maximum absolute atomic E-state index is 4.44. The van der Waals surface area contributed by atoms with Crippen LogP contribution in [0.5, 0.6) is 0 Å². The molecule has 1 aliphatic carbocycles. The fraction of sp³-hybridized carbons (Fsp3) is 0.812. The second kappa shape index (κ2) is 5.66. The second-order valence-corrected chi connectivity index (χ2v) is 6.65. The van der Waals surface area contributed by atoms with Gasteiger partial charge in [-0.15, -0.1) is 0 Å². The largest absolute Gasteiger partial charge is 0.330 e. The van der Waals surface area contributed by atoms with Crippen LogP contribution >= 0.6 is 0 Å². The van der Waals surface area contributed by atoms with Crippen LogP contribution in [0.4, 0.5) is 0 Å². The number of hydrogen-bond acceptors (Lipinski definition) is 2. The highest BCUT2D eigenvalue weighted by atomic mass is 15.1. The van der Waals surface area contributed by atoms with Crippen LogP contribution in [0.25, 0.3) is 0 Å². The molecule has 1 saturated carbocycles. The number of nitrogens with zero attached hydrogens (tertiary/aromatic N) is 2. The molecule has 0 spiro atoms. The summed E-state index contributed by atoms with van der Waals surface area (Å²) in [6.45, 7) is 5.97. The minimum atomic E-state index is 0.533. The molecule has 4 atom stereocenters. The first kappa shape index (κ1) is 13.2. The Morgan fingerprint density at radius 2 is 2.05 bits per heavy atom. The van der Waals surface area contributed by atoms with Crippen molar-refractivity contribution in [2.24, 2.45) is 11.8 Å². The first-order valence-electron chi connectivity index (χ1n) is 8.01. The summed E-state index contributed by atoms with van der Waals surface area (Å²) in [4.78, 5) is 4.44. The Morgan fingerprint density at radius 1 is 1.16 bits per heavy atom. The fourth-order valence-corrected chi connectivity index (χ4v) is 3.77. The van der Waals surface area contributed by atoms with E-state index in [0.717, 1.165) is 18.4 Å². The Labute approximate surface area is 116 Å². The van der Waals surface area contributed by atoms with Crippen LogP contribution < -0.4 is 5.32 Å². The molecule has 4 unspecified atom stereocenters. The fourth-order valence-electron chi connectivity index (χ4n) is 3.77. The van der Waals surface area contributed by atoms with Crippen molar-refractivity contribution in [3.05, 3.63) is 18.2 Å². The van der Waals surface area contributed by atoms with E-state index in [1.54, 1.807) is 0 Å². The van der Waals surface area contributed by atoms with Crippen molar-refractivity contribution in [1.82, 2.24) is 14.9 Å². The van der Waals surface area contributed by atoms with E-state index >= 15 is 0 Å². The maximum Gasteiger partial charge on any atom is 0.0951 e.